The molecule has 0 aliphatic carbocycles. The smallest absolute Gasteiger partial charge is 0.251 e. The van der Waals surface area contributed by atoms with Gasteiger partial charge in [-0.3, -0.25) is 9.59 Å². The van der Waals surface area contributed by atoms with Crippen LogP contribution in [0.4, 0.5) is 10.1 Å². The van der Waals surface area contributed by atoms with Gasteiger partial charge in [-0.05, 0) is 42.7 Å². The Morgan fingerprint density at radius 3 is 2.53 bits per heavy atom. The molecule has 2 N–H and O–H groups in total. The lowest BCUT2D eigenvalue weighted by Gasteiger charge is -2.21. The summed E-state index contributed by atoms with van der Waals surface area (Å²) in [5, 5.41) is 14.8. The number of carbonyl (C=O) groups excluding carboxylic acids is 2. The summed E-state index contributed by atoms with van der Waals surface area (Å²) >= 11 is 1.22. The van der Waals surface area contributed by atoms with E-state index in [4.69, 9.17) is 0 Å². The van der Waals surface area contributed by atoms with E-state index in [2.05, 4.69) is 20.8 Å². The topological polar surface area (TPSA) is 88.9 Å². The Hall–Kier alpha value is -3.20. The molecule has 9 heteroatoms. The van der Waals surface area contributed by atoms with E-state index in [-0.39, 0.29) is 29.5 Å². The lowest BCUT2D eigenvalue weighted by Crippen LogP contribution is -2.33. The maximum atomic E-state index is 13.4. The standard InChI is InChI=1S/C23H26FN5O2S/c1-14(2)20(26-22(31)16-8-6-5-7-9-16)21-27-28-23(29(21)4)32-13-19(30)25-18-12-17(24)11-10-15(18)3/h5-12,14,20H,13H2,1-4H3,(H,25,30)(H,26,31)/t20-/m0/s1. The monoisotopic (exact) mass is 455 g/mol. The number of halogens is 1. The maximum Gasteiger partial charge on any atom is 0.251 e. The molecule has 0 saturated carbocycles. The largest absolute Gasteiger partial charge is 0.342 e. The molecule has 32 heavy (non-hydrogen) atoms. The molecule has 1 heterocycles. The van der Waals surface area contributed by atoms with Crippen molar-refractivity contribution in [3.8, 4) is 0 Å². The second-order valence-electron chi connectivity index (χ2n) is 7.76. The van der Waals surface area contributed by atoms with Crippen molar-refractivity contribution in [1.82, 2.24) is 20.1 Å². The van der Waals surface area contributed by atoms with Gasteiger partial charge in [-0.2, -0.15) is 0 Å². The molecule has 2 aromatic carbocycles. The summed E-state index contributed by atoms with van der Waals surface area (Å²) in [6.07, 6.45) is 0. The molecule has 1 aromatic heterocycles. The molecule has 3 aromatic rings. The maximum absolute atomic E-state index is 13.4. The average molecular weight is 456 g/mol. The Kier molecular flexibility index (Phi) is 7.63. The lowest BCUT2D eigenvalue weighted by atomic mass is 10.0. The van der Waals surface area contributed by atoms with E-state index >= 15 is 0 Å². The molecule has 0 spiro atoms. The minimum atomic E-state index is -0.409. The van der Waals surface area contributed by atoms with E-state index < -0.39 is 5.82 Å². The summed E-state index contributed by atoms with van der Waals surface area (Å²) in [6, 6.07) is 12.9. The number of nitrogens with one attached hydrogen (secondary N) is 2. The average Bonchev–Trinajstić information content (AvgIpc) is 3.13. The fourth-order valence-electron chi connectivity index (χ4n) is 3.11. The number of anilines is 1. The molecule has 0 unspecified atom stereocenters. The summed E-state index contributed by atoms with van der Waals surface area (Å²) < 4.78 is 15.2. The first kappa shape index (κ1) is 23.5. The van der Waals surface area contributed by atoms with Crippen LogP contribution in [0.3, 0.4) is 0 Å². The summed E-state index contributed by atoms with van der Waals surface area (Å²) in [7, 11) is 1.80. The van der Waals surface area contributed by atoms with Crippen LogP contribution in [0.15, 0.2) is 53.7 Å². The predicted octanol–water partition coefficient (Wildman–Crippen LogP) is 4.12. The van der Waals surface area contributed by atoms with E-state index in [0.717, 1.165) is 5.56 Å². The molecule has 0 aliphatic rings. The highest BCUT2D eigenvalue weighted by Crippen LogP contribution is 2.25. The summed E-state index contributed by atoms with van der Waals surface area (Å²) in [5.74, 6) is -0.105. The minimum Gasteiger partial charge on any atom is -0.342 e. The van der Waals surface area contributed by atoms with Gasteiger partial charge in [-0.25, -0.2) is 4.39 Å². The molecular formula is C23H26FN5O2S. The summed E-state index contributed by atoms with van der Waals surface area (Å²) in [5.41, 5.74) is 1.79. The van der Waals surface area contributed by atoms with Gasteiger partial charge in [0, 0.05) is 18.3 Å². The Bertz CT molecular complexity index is 1100. The fourth-order valence-corrected chi connectivity index (χ4v) is 3.83. The van der Waals surface area contributed by atoms with Crippen LogP contribution in [0, 0.1) is 18.7 Å². The second-order valence-corrected chi connectivity index (χ2v) is 8.70. The SMILES string of the molecule is Cc1ccc(F)cc1NC(=O)CSc1nnc([C@@H](NC(=O)c2ccccc2)C(C)C)n1C. The number of aryl methyl sites for hydroxylation is 1. The third-order valence-corrected chi connectivity index (χ3v) is 5.96. The van der Waals surface area contributed by atoms with E-state index in [1.165, 1.54) is 23.9 Å². The van der Waals surface area contributed by atoms with Crippen LogP contribution in [0.25, 0.3) is 0 Å². The van der Waals surface area contributed by atoms with Crippen LogP contribution in [0.1, 0.15) is 41.6 Å². The molecule has 0 saturated heterocycles. The van der Waals surface area contributed by atoms with E-state index in [1.807, 2.05) is 32.0 Å². The molecular weight excluding hydrogens is 429 g/mol. The summed E-state index contributed by atoms with van der Waals surface area (Å²) in [6.45, 7) is 5.78. The van der Waals surface area contributed by atoms with Crippen molar-refractivity contribution in [2.24, 2.45) is 13.0 Å². The van der Waals surface area contributed by atoms with E-state index in [9.17, 15) is 14.0 Å². The number of aromatic nitrogens is 3. The highest BCUT2D eigenvalue weighted by Gasteiger charge is 2.25. The van der Waals surface area contributed by atoms with Gasteiger partial charge < -0.3 is 15.2 Å². The molecule has 0 radical (unpaired) electrons. The summed E-state index contributed by atoms with van der Waals surface area (Å²) in [4.78, 5) is 25.0. The molecule has 0 aliphatic heterocycles. The molecule has 3 rings (SSSR count). The van der Waals surface area contributed by atoms with Crippen molar-refractivity contribution in [1.29, 1.82) is 0 Å². The van der Waals surface area contributed by atoms with Crippen molar-refractivity contribution >= 4 is 29.3 Å². The van der Waals surface area contributed by atoms with E-state index in [1.54, 1.807) is 36.7 Å². The number of nitrogens with zero attached hydrogens (tertiary/aromatic N) is 3. The van der Waals surface area contributed by atoms with Crippen LogP contribution >= 0.6 is 11.8 Å². The zero-order valence-electron chi connectivity index (χ0n) is 18.4. The highest BCUT2D eigenvalue weighted by atomic mass is 32.2. The first-order valence-corrected chi connectivity index (χ1v) is 11.2. The van der Waals surface area contributed by atoms with Gasteiger partial charge in [-0.15, -0.1) is 10.2 Å². The second kappa shape index (κ2) is 10.4. The van der Waals surface area contributed by atoms with Gasteiger partial charge in [0.25, 0.3) is 5.91 Å². The van der Waals surface area contributed by atoms with Crippen molar-refractivity contribution in [2.45, 2.75) is 32.0 Å². The van der Waals surface area contributed by atoms with E-state index in [0.29, 0.717) is 22.2 Å². The molecule has 7 nitrogen and oxygen atoms in total. The number of thioether (sulfide) groups is 1. The lowest BCUT2D eigenvalue weighted by molar-refractivity contribution is -0.113. The molecule has 168 valence electrons. The van der Waals surface area contributed by atoms with Crippen molar-refractivity contribution in [3.63, 3.8) is 0 Å². The van der Waals surface area contributed by atoms with Crippen LogP contribution in [-0.4, -0.2) is 32.3 Å². The quantitative estimate of drug-likeness (QED) is 0.499. The van der Waals surface area contributed by atoms with Crippen molar-refractivity contribution in [3.05, 3.63) is 71.3 Å². The molecule has 2 amide bonds. The first-order chi connectivity index (χ1) is 15.3. The normalized spacial score (nSPS) is 11.9. The third kappa shape index (κ3) is 5.73. The van der Waals surface area contributed by atoms with Gasteiger partial charge in [0.05, 0.1) is 11.8 Å². The predicted molar refractivity (Wildman–Crippen MR) is 123 cm³/mol. The number of carbonyl (C=O) groups is 2. The zero-order chi connectivity index (χ0) is 23.3. The van der Waals surface area contributed by atoms with Gasteiger partial charge in [0.1, 0.15) is 5.82 Å². The van der Waals surface area contributed by atoms with Gasteiger partial charge >= 0.3 is 0 Å². The van der Waals surface area contributed by atoms with Gasteiger partial charge in [0.15, 0.2) is 11.0 Å². The highest BCUT2D eigenvalue weighted by molar-refractivity contribution is 7.99. The van der Waals surface area contributed by atoms with Crippen LogP contribution in [-0.2, 0) is 11.8 Å². The minimum absolute atomic E-state index is 0.0719. The van der Waals surface area contributed by atoms with Crippen LogP contribution in [0.5, 0.6) is 0 Å². The third-order valence-electron chi connectivity index (χ3n) is 4.94. The Morgan fingerprint density at radius 2 is 1.84 bits per heavy atom. The van der Waals surface area contributed by atoms with Gasteiger partial charge in [-0.1, -0.05) is 49.9 Å². The van der Waals surface area contributed by atoms with Crippen LogP contribution in [0.2, 0.25) is 0 Å². The zero-order valence-corrected chi connectivity index (χ0v) is 19.2. The Balaban J connectivity index is 1.67. The number of rotatable bonds is 8. The molecule has 0 bridgehead atoms. The number of hydrogen-bond acceptors (Lipinski definition) is 5. The fraction of sp³-hybridized carbons (Fsp3) is 0.304. The Morgan fingerprint density at radius 1 is 1.12 bits per heavy atom. The molecule has 1 atom stereocenters. The number of benzene rings is 2. The van der Waals surface area contributed by atoms with Crippen LogP contribution < -0.4 is 10.6 Å². The Labute approximate surface area is 190 Å². The van der Waals surface area contributed by atoms with Crippen molar-refractivity contribution in [2.75, 3.05) is 11.1 Å². The first-order valence-electron chi connectivity index (χ1n) is 10.2. The van der Waals surface area contributed by atoms with Crippen molar-refractivity contribution < 1.29 is 14.0 Å². The molecule has 0 fully saturated rings. The van der Waals surface area contributed by atoms with Gasteiger partial charge in [0.2, 0.25) is 5.91 Å². The number of amides is 2. The number of hydrogen-bond donors (Lipinski definition) is 2.